The van der Waals surface area contributed by atoms with E-state index in [9.17, 15) is 4.79 Å². The van der Waals surface area contributed by atoms with Gasteiger partial charge in [-0.05, 0) is 48.5 Å². The van der Waals surface area contributed by atoms with Gasteiger partial charge in [-0.2, -0.15) is 0 Å². The van der Waals surface area contributed by atoms with Gasteiger partial charge < -0.3 is 5.32 Å². The molecule has 2 nitrogen and oxygen atoms in total. The zero-order valence-electron chi connectivity index (χ0n) is 13.2. The van der Waals surface area contributed by atoms with Crippen molar-refractivity contribution in [3.63, 3.8) is 0 Å². The van der Waals surface area contributed by atoms with E-state index in [4.69, 9.17) is 0 Å². The molecule has 114 valence electrons. The number of nitrogens with one attached hydrogen (secondary N) is 1. The Morgan fingerprint density at radius 1 is 1.36 bits per heavy atom. The van der Waals surface area contributed by atoms with Crippen molar-refractivity contribution in [1.29, 1.82) is 0 Å². The van der Waals surface area contributed by atoms with Crippen LogP contribution in [0.2, 0.25) is 0 Å². The number of benzene rings is 1. The Balaban J connectivity index is 1.73. The molecule has 2 aliphatic carbocycles. The fourth-order valence-corrected chi connectivity index (χ4v) is 3.47. The van der Waals surface area contributed by atoms with Gasteiger partial charge in [-0.25, -0.2) is 0 Å². The lowest BCUT2D eigenvalue weighted by Crippen LogP contribution is -2.25. The van der Waals surface area contributed by atoms with Crippen LogP contribution in [0.15, 0.2) is 54.1 Å². The van der Waals surface area contributed by atoms with Gasteiger partial charge in [-0.1, -0.05) is 48.6 Å². The van der Waals surface area contributed by atoms with Gasteiger partial charge in [0, 0.05) is 18.9 Å². The Bertz CT molecular complexity index is 666. The van der Waals surface area contributed by atoms with E-state index in [1.54, 1.807) is 0 Å². The number of hydrogen-bond donors (Lipinski definition) is 1. The average Bonchev–Trinajstić information content (AvgIpc) is 2.85. The number of carbonyl (C=O) groups is 1. The molecular weight excluding hydrogens is 270 g/mol. The average molecular weight is 293 g/mol. The lowest BCUT2D eigenvalue weighted by Gasteiger charge is -2.16. The molecule has 0 heterocycles. The zero-order chi connectivity index (χ0) is 15.5. The maximum Gasteiger partial charge on any atom is 0.220 e. The number of amides is 1. The number of fused-ring (bicyclic) bond motifs is 2. The van der Waals surface area contributed by atoms with Gasteiger partial charge >= 0.3 is 0 Å². The molecule has 1 aromatic carbocycles. The monoisotopic (exact) mass is 293 g/mol. The molecule has 3 rings (SSSR count). The van der Waals surface area contributed by atoms with Crippen LogP contribution in [0.1, 0.15) is 49.7 Å². The normalized spacial score (nSPS) is 18.9. The molecule has 0 fully saturated rings. The number of rotatable bonds is 5. The molecule has 0 radical (unpaired) electrons. The van der Waals surface area contributed by atoms with Gasteiger partial charge in [-0.3, -0.25) is 4.79 Å². The molecule has 0 aromatic heterocycles. The van der Waals surface area contributed by atoms with Crippen LogP contribution < -0.4 is 5.32 Å². The first kappa shape index (κ1) is 14.8. The summed E-state index contributed by atoms with van der Waals surface area (Å²) in [6, 6.07) is 8.67. The van der Waals surface area contributed by atoms with E-state index in [0.29, 0.717) is 18.9 Å². The Hall–Kier alpha value is -2.09. The van der Waals surface area contributed by atoms with Crippen molar-refractivity contribution >= 4 is 11.5 Å². The van der Waals surface area contributed by atoms with Crippen LogP contribution >= 0.6 is 0 Å². The van der Waals surface area contributed by atoms with Gasteiger partial charge in [-0.15, -0.1) is 0 Å². The van der Waals surface area contributed by atoms with E-state index in [-0.39, 0.29) is 5.91 Å². The summed E-state index contributed by atoms with van der Waals surface area (Å²) in [5.74, 6) is 0.493. The first-order valence-corrected chi connectivity index (χ1v) is 8.07. The molecule has 0 spiro atoms. The van der Waals surface area contributed by atoms with Gasteiger partial charge in [0.15, 0.2) is 0 Å². The van der Waals surface area contributed by atoms with Crippen LogP contribution in [0.4, 0.5) is 0 Å². The quantitative estimate of drug-likeness (QED) is 0.803. The zero-order valence-corrected chi connectivity index (χ0v) is 13.2. The summed E-state index contributed by atoms with van der Waals surface area (Å²) in [5, 5.41) is 2.93. The number of carbonyl (C=O) groups excluding carboxylic acids is 1. The lowest BCUT2D eigenvalue weighted by atomic mass is 9.89. The van der Waals surface area contributed by atoms with Gasteiger partial charge in [0.1, 0.15) is 0 Å². The second-order valence-electron chi connectivity index (χ2n) is 6.29. The van der Waals surface area contributed by atoms with E-state index < -0.39 is 0 Å². The highest BCUT2D eigenvalue weighted by Crippen LogP contribution is 2.47. The molecule has 2 aliphatic rings. The Morgan fingerprint density at radius 2 is 2.18 bits per heavy atom. The van der Waals surface area contributed by atoms with Gasteiger partial charge in [0.05, 0.1) is 0 Å². The lowest BCUT2D eigenvalue weighted by molar-refractivity contribution is -0.121. The molecule has 1 unspecified atom stereocenters. The summed E-state index contributed by atoms with van der Waals surface area (Å²) in [6.45, 7) is 6.32. The maximum absolute atomic E-state index is 12.0. The summed E-state index contributed by atoms with van der Waals surface area (Å²) in [7, 11) is 0. The highest BCUT2D eigenvalue weighted by Gasteiger charge is 2.30. The third-order valence-electron chi connectivity index (χ3n) is 4.49. The highest BCUT2D eigenvalue weighted by atomic mass is 16.1. The van der Waals surface area contributed by atoms with Crippen LogP contribution in [-0.4, -0.2) is 12.5 Å². The van der Waals surface area contributed by atoms with Crippen molar-refractivity contribution in [2.75, 3.05) is 6.54 Å². The fourth-order valence-electron chi connectivity index (χ4n) is 3.47. The van der Waals surface area contributed by atoms with Gasteiger partial charge in [0.25, 0.3) is 0 Å². The van der Waals surface area contributed by atoms with Crippen molar-refractivity contribution in [1.82, 2.24) is 5.32 Å². The van der Waals surface area contributed by atoms with Gasteiger partial charge in [0.2, 0.25) is 5.91 Å². The predicted octanol–water partition coefficient (Wildman–Crippen LogP) is 4.36. The summed E-state index contributed by atoms with van der Waals surface area (Å²) in [5.41, 5.74) is 6.70. The summed E-state index contributed by atoms with van der Waals surface area (Å²) >= 11 is 0. The van der Waals surface area contributed by atoms with Crippen molar-refractivity contribution in [3.8, 4) is 0 Å². The number of hydrogen-bond acceptors (Lipinski definition) is 1. The van der Waals surface area contributed by atoms with Crippen molar-refractivity contribution < 1.29 is 4.79 Å². The van der Waals surface area contributed by atoms with E-state index in [0.717, 1.165) is 24.8 Å². The minimum absolute atomic E-state index is 0.120. The smallest absolute Gasteiger partial charge is 0.220 e. The Kier molecular flexibility index (Phi) is 4.28. The minimum atomic E-state index is 0.120. The van der Waals surface area contributed by atoms with Crippen LogP contribution in [0.3, 0.4) is 0 Å². The molecule has 1 aromatic rings. The molecule has 1 atom stereocenters. The Labute approximate surface area is 132 Å². The van der Waals surface area contributed by atoms with Crippen molar-refractivity contribution in [3.05, 3.63) is 65.3 Å². The molecule has 1 N–H and O–H groups in total. The molecule has 0 bridgehead atoms. The minimum Gasteiger partial charge on any atom is -0.352 e. The SMILES string of the molecule is C=C(C)CNC(=O)CCC1C2=C(CCC=C2)c2ccccc21. The first-order valence-electron chi connectivity index (χ1n) is 8.07. The fraction of sp³-hybridized carbons (Fsp3) is 0.350. The van der Waals surface area contributed by atoms with Crippen LogP contribution in [0.5, 0.6) is 0 Å². The largest absolute Gasteiger partial charge is 0.352 e. The maximum atomic E-state index is 12.0. The van der Waals surface area contributed by atoms with E-state index in [2.05, 4.69) is 48.3 Å². The molecule has 0 saturated heterocycles. The summed E-state index contributed by atoms with van der Waals surface area (Å²) < 4.78 is 0. The van der Waals surface area contributed by atoms with Crippen LogP contribution in [0, 0.1) is 0 Å². The standard InChI is InChI=1S/C20H23NO/c1-14(2)13-21-20(22)12-11-19-17-9-5-3-7-15(17)16-8-4-6-10-18(16)19/h3,5-7,9-10,19H,1,4,8,11-13H2,2H3,(H,21,22). The third kappa shape index (κ3) is 2.92. The Morgan fingerprint density at radius 3 is 3.00 bits per heavy atom. The molecular formula is C20H23NO. The molecule has 0 aliphatic heterocycles. The topological polar surface area (TPSA) is 29.1 Å². The third-order valence-corrected chi connectivity index (χ3v) is 4.49. The van der Waals surface area contributed by atoms with E-state index in [1.807, 2.05) is 6.92 Å². The molecule has 1 amide bonds. The molecule has 22 heavy (non-hydrogen) atoms. The number of allylic oxidation sites excluding steroid dienone is 4. The van der Waals surface area contributed by atoms with E-state index in [1.165, 1.54) is 22.3 Å². The molecule has 0 saturated carbocycles. The van der Waals surface area contributed by atoms with E-state index >= 15 is 0 Å². The highest BCUT2D eigenvalue weighted by molar-refractivity contribution is 5.82. The van der Waals surface area contributed by atoms with Crippen LogP contribution in [0.25, 0.3) is 5.57 Å². The predicted molar refractivity (Wildman–Crippen MR) is 91.5 cm³/mol. The summed E-state index contributed by atoms with van der Waals surface area (Å²) in [4.78, 5) is 12.0. The molecule has 2 heteroatoms. The van der Waals surface area contributed by atoms with Crippen molar-refractivity contribution in [2.45, 2.75) is 38.5 Å². The second kappa shape index (κ2) is 6.35. The first-order chi connectivity index (χ1) is 10.7. The van der Waals surface area contributed by atoms with Crippen molar-refractivity contribution in [2.24, 2.45) is 0 Å². The summed E-state index contributed by atoms with van der Waals surface area (Å²) in [6.07, 6.45) is 8.23. The second-order valence-corrected chi connectivity index (χ2v) is 6.29. The van der Waals surface area contributed by atoms with Crippen LogP contribution in [-0.2, 0) is 4.79 Å².